The van der Waals surface area contributed by atoms with Gasteiger partial charge in [-0.25, -0.2) is 9.97 Å². The Labute approximate surface area is 77.0 Å². The minimum Gasteiger partial charge on any atom is -0.369 e. The van der Waals surface area contributed by atoms with Crippen LogP contribution in [0.25, 0.3) is 0 Å². The van der Waals surface area contributed by atoms with E-state index in [4.69, 9.17) is 5.73 Å². The van der Waals surface area contributed by atoms with E-state index >= 15 is 0 Å². The third-order valence-electron chi connectivity index (χ3n) is 1.34. The van der Waals surface area contributed by atoms with Gasteiger partial charge in [-0.15, -0.1) is 0 Å². The fourth-order valence-corrected chi connectivity index (χ4v) is 0.794. The number of nitrogens with zero attached hydrogens (tertiary/aromatic N) is 2. The number of carbonyl (C=O) groups is 1. The highest BCUT2D eigenvalue weighted by molar-refractivity contribution is 5.76. The smallest absolute Gasteiger partial charge is 0.369 e. The van der Waals surface area contributed by atoms with E-state index in [0.29, 0.717) is 0 Å². The van der Waals surface area contributed by atoms with Crippen LogP contribution in [0.1, 0.15) is 11.4 Å². The van der Waals surface area contributed by atoms with Gasteiger partial charge in [0.05, 0.1) is 6.42 Å². The van der Waals surface area contributed by atoms with Crippen molar-refractivity contribution < 1.29 is 18.0 Å². The van der Waals surface area contributed by atoms with Gasteiger partial charge in [0.15, 0.2) is 0 Å². The molecule has 0 spiro atoms. The van der Waals surface area contributed by atoms with Crippen LogP contribution in [0.2, 0.25) is 0 Å². The third-order valence-corrected chi connectivity index (χ3v) is 1.34. The van der Waals surface area contributed by atoms with Gasteiger partial charge in [-0.2, -0.15) is 13.2 Å². The molecule has 0 unspecified atom stereocenters. The molecule has 0 saturated heterocycles. The molecule has 4 nitrogen and oxygen atoms in total. The highest BCUT2D eigenvalue weighted by Gasteiger charge is 2.34. The van der Waals surface area contributed by atoms with Gasteiger partial charge in [-0.05, 0) is 5.56 Å². The Balaban J connectivity index is 2.84. The molecule has 0 fully saturated rings. The Morgan fingerprint density at radius 3 is 2.21 bits per heavy atom. The number of amides is 1. The van der Waals surface area contributed by atoms with Crippen molar-refractivity contribution in [1.29, 1.82) is 0 Å². The van der Waals surface area contributed by atoms with Crippen molar-refractivity contribution in [3.63, 3.8) is 0 Å². The average Bonchev–Trinajstić information content (AvgIpc) is 2.02. The molecule has 0 aromatic carbocycles. The molecule has 7 heteroatoms. The summed E-state index contributed by atoms with van der Waals surface area (Å²) in [5.41, 5.74) is 5.09. The van der Waals surface area contributed by atoms with Gasteiger partial charge in [-0.3, -0.25) is 4.79 Å². The SMILES string of the molecule is NC(=O)Cc1cnc(C(F)(F)F)nc1. The lowest BCUT2D eigenvalue weighted by atomic mass is 10.2. The Bertz CT molecular complexity index is 333. The number of hydrogen-bond acceptors (Lipinski definition) is 3. The zero-order valence-corrected chi connectivity index (χ0v) is 6.88. The summed E-state index contributed by atoms with van der Waals surface area (Å²) in [7, 11) is 0. The van der Waals surface area contributed by atoms with E-state index in [2.05, 4.69) is 9.97 Å². The summed E-state index contributed by atoms with van der Waals surface area (Å²) in [6.07, 6.45) is -2.87. The van der Waals surface area contributed by atoms with Crippen molar-refractivity contribution in [2.45, 2.75) is 12.6 Å². The zero-order valence-electron chi connectivity index (χ0n) is 6.88. The van der Waals surface area contributed by atoms with Crippen LogP contribution in [-0.4, -0.2) is 15.9 Å². The first-order chi connectivity index (χ1) is 6.39. The Kier molecular flexibility index (Phi) is 2.68. The first-order valence-corrected chi connectivity index (χ1v) is 3.56. The molecular weight excluding hydrogens is 199 g/mol. The third kappa shape index (κ3) is 2.68. The minimum absolute atomic E-state index is 0.169. The number of nitrogens with two attached hydrogens (primary N) is 1. The van der Waals surface area contributed by atoms with Crippen LogP contribution >= 0.6 is 0 Å². The van der Waals surface area contributed by atoms with Crippen molar-refractivity contribution >= 4 is 5.91 Å². The van der Waals surface area contributed by atoms with Gasteiger partial charge in [0.1, 0.15) is 0 Å². The maximum Gasteiger partial charge on any atom is 0.451 e. The van der Waals surface area contributed by atoms with E-state index in [0.717, 1.165) is 12.4 Å². The molecule has 1 aromatic rings. The number of halogens is 3. The van der Waals surface area contributed by atoms with Gasteiger partial charge < -0.3 is 5.73 Å². The second kappa shape index (κ2) is 3.60. The summed E-state index contributed by atoms with van der Waals surface area (Å²) in [5.74, 6) is -1.88. The predicted octanol–water partition coefficient (Wildman–Crippen LogP) is 0.523. The second-order valence-electron chi connectivity index (χ2n) is 2.56. The summed E-state index contributed by atoms with van der Waals surface area (Å²) in [5, 5.41) is 0. The topological polar surface area (TPSA) is 68.9 Å². The number of rotatable bonds is 2. The molecule has 0 bridgehead atoms. The fraction of sp³-hybridized carbons (Fsp3) is 0.286. The van der Waals surface area contributed by atoms with Gasteiger partial charge in [0.25, 0.3) is 0 Å². The largest absolute Gasteiger partial charge is 0.451 e. The molecule has 2 N–H and O–H groups in total. The van der Waals surface area contributed by atoms with E-state index in [1.807, 2.05) is 0 Å². The number of hydrogen-bond donors (Lipinski definition) is 1. The van der Waals surface area contributed by atoms with E-state index in [-0.39, 0.29) is 12.0 Å². The summed E-state index contributed by atoms with van der Waals surface area (Å²) in [4.78, 5) is 16.5. The fourth-order valence-electron chi connectivity index (χ4n) is 0.794. The molecule has 0 aliphatic rings. The van der Waals surface area contributed by atoms with E-state index in [9.17, 15) is 18.0 Å². The van der Waals surface area contributed by atoms with Gasteiger partial charge in [0, 0.05) is 12.4 Å². The van der Waals surface area contributed by atoms with E-state index in [1.165, 1.54) is 0 Å². The van der Waals surface area contributed by atoms with E-state index < -0.39 is 17.9 Å². The molecule has 0 aliphatic heterocycles. The highest BCUT2D eigenvalue weighted by atomic mass is 19.4. The molecule has 0 radical (unpaired) electrons. The molecular formula is C7H6F3N3O. The summed E-state index contributed by atoms with van der Waals surface area (Å²) in [6.45, 7) is 0. The molecule has 0 atom stereocenters. The normalized spacial score (nSPS) is 11.4. The highest BCUT2D eigenvalue weighted by Crippen LogP contribution is 2.25. The quantitative estimate of drug-likeness (QED) is 0.765. The van der Waals surface area contributed by atoms with Crippen molar-refractivity contribution in [3.8, 4) is 0 Å². The molecule has 1 aromatic heterocycles. The van der Waals surface area contributed by atoms with Gasteiger partial charge in [-0.1, -0.05) is 0 Å². The van der Waals surface area contributed by atoms with Crippen LogP contribution < -0.4 is 5.73 Å². The standard InChI is InChI=1S/C7H6F3N3O/c8-7(9,10)6-12-2-4(3-13-6)1-5(11)14/h2-3H,1H2,(H2,11,14). The first kappa shape index (κ1) is 10.4. The van der Waals surface area contributed by atoms with Crippen molar-refractivity contribution in [2.75, 3.05) is 0 Å². The number of alkyl halides is 3. The maximum absolute atomic E-state index is 12.0. The summed E-state index contributed by atoms with van der Waals surface area (Å²) >= 11 is 0. The Morgan fingerprint density at radius 1 is 1.36 bits per heavy atom. The molecule has 1 heterocycles. The van der Waals surface area contributed by atoms with Crippen LogP contribution in [0.5, 0.6) is 0 Å². The summed E-state index contributed by atoms with van der Waals surface area (Å²) in [6, 6.07) is 0. The van der Waals surface area contributed by atoms with Gasteiger partial charge in [0.2, 0.25) is 11.7 Å². The lowest BCUT2D eigenvalue weighted by molar-refractivity contribution is -0.145. The molecule has 0 aliphatic carbocycles. The van der Waals surface area contributed by atoms with E-state index in [1.54, 1.807) is 0 Å². The van der Waals surface area contributed by atoms with Crippen molar-refractivity contribution in [1.82, 2.24) is 9.97 Å². The molecule has 1 rings (SSSR count). The molecule has 1 amide bonds. The van der Waals surface area contributed by atoms with Crippen LogP contribution in [0, 0.1) is 0 Å². The first-order valence-electron chi connectivity index (χ1n) is 3.56. The lowest BCUT2D eigenvalue weighted by Crippen LogP contribution is -2.15. The number of primary amides is 1. The monoisotopic (exact) mass is 205 g/mol. The predicted molar refractivity (Wildman–Crippen MR) is 39.9 cm³/mol. The van der Waals surface area contributed by atoms with Crippen molar-refractivity contribution in [2.24, 2.45) is 5.73 Å². The number of carbonyl (C=O) groups excluding carboxylic acids is 1. The Morgan fingerprint density at radius 2 is 1.86 bits per heavy atom. The second-order valence-corrected chi connectivity index (χ2v) is 2.56. The average molecular weight is 205 g/mol. The molecule has 76 valence electrons. The van der Waals surface area contributed by atoms with Crippen molar-refractivity contribution in [3.05, 3.63) is 23.8 Å². The number of aromatic nitrogens is 2. The summed E-state index contributed by atoms with van der Waals surface area (Å²) < 4.78 is 35.9. The zero-order chi connectivity index (χ0) is 10.8. The van der Waals surface area contributed by atoms with Gasteiger partial charge >= 0.3 is 6.18 Å². The lowest BCUT2D eigenvalue weighted by Gasteiger charge is -2.04. The molecule has 0 saturated carbocycles. The minimum atomic E-state index is -4.56. The van der Waals surface area contributed by atoms with Crippen LogP contribution in [0.4, 0.5) is 13.2 Å². The Hall–Kier alpha value is -1.66. The maximum atomic E-state index is 12.0. The van der Waals surface area contributed by atoms with Crippen LogP contribution in [0.15, 0.2) is 12.4 Å². The van der Waals surface area contributed by atoms with Crippen LogP contribution in [-0.2, 0) is 17.4 Å². The van der Waals surface area contributed by atoms with Crippen LogP contribution in [0.3, 0.4) is 0 Å². The molecule has 14 heavy (non-hydrogen) atoms.